The molecule has 12 heavy (non-hydrogen) atoms. The predicted octanol–water partition coefficient (Wildman–Crippen LogP) is 2.56. The van der Waals surface area contributed by atoms with E-state index in [9.17, 15) is 0 Å². The molecule has 0 unspecified atom stereocenters. The summed E-state index contributed by atoms with van der Waals surface area (Å²) >= 11 is 0. The standard InChI is InChI=1S/C11H21N/c1-10(2,3)9-4-5-11(8-9)6-7-12-11/h9,12H,4-8H2,1-3H3/t9-,11+/m0/s1. The minimum atomic E-state index is 0.529. The normalized spacial score (nSPS) is 41.8. The molecule has 0 radical (unpaired) electrons. The lowest BCUT2D eigenvalue weighted by Crippen LogP contribution is -2.55. The Bertz CT molecular complexity index is 174. The van der Waals surface area contributed by atoms with Gasteiger partial charge in [0.2, 0.25) is 0 Å². The molecule has 0 amide bonds. The van der Waals surface area contributed by atoms with Gasteiger partial charge >= 0.3 is 0 Å². The van der Waals surface area contributed by atoms with Crippen molar-refractivity contribution in [2.45, 2.75) is 52.0 Å². The number of nitrogens with one attached hydrogen (secondary N) is 1. The molecule has 2 rings (SSSR count). The highest BCUT2D eigenvalue weighted by molar-refractivity contribution is 5.04. The third-order valence-corrected chi connectivity index (χ3v) is 3.94. The van der Waals surface area contributed by atoms with Crippen LogP contribution in [0.25, 0.3) is 0 Å². The summed E-state index contributed by atoms with van der Waals surface area (Å²) in [7, 11) is 0. The van der Waals surface area contributed by atoms with Crippen molar-refractivity contribution in [3.63, 3.8) is 0 Å². The van der Waals surface area contributed by atoms with Crippen LogP contribution in [0.15, 0.2) is 0 Å². The van der Waals surface area contributed by atoms with Crippen molar-refractivity contribution in [2.75, 3.05) is 6.54 Å². The van der Waals surface area contributed by atoms with Gasteiger partial charge in [-0.1, -0.05) is 20.8 Å². The van der Waals surface area contributed by atoms with Gasteiger partial charge in [-0.3, -0.25) is 0 Å². The molecule has 1 nitrogen and oxygen atoms in total. The largest absolute Gasteiger partial charge is 0.311 e. The van der Waals surface area contributed by atoms with Crippen molar-refractivity contribution in [1.82, 2.24) is 5.32 Å². The topological polar surface area (TPSA) is 12.0 Å². The van der Waals surface area contributed by atoms with E-state index >= 15 is 0 Å². The van der Waals surface area contributed by atoms with Crippen molar-refractivity contribution in [2.24, 2.45) is 11.3 Å². The molecule has 1 saturated heterocycles. The molecule has 0 aromatic rings. The maximum atomic E-state index is 3.62. The van der Waals surface area contributed by atoms with Crippen LogP contribution in [0.4, 0.5) is 0 Å². The van der Waals surface area contributed by atoms with E-state index in [0.29, 0.717) is 11.0 Å². The summed E-state index contributed by atoms with van der Waals surface area (Å²) in [5, 5.41) is 3.62. The van der Waals surface area contributed by atoms with Gasteiger partial charge in [0, 0.05) is 5.54 Å². The third-order valence-electron chi connectivity index (χ3n) is 3.94. The summed E-state index contributed by atoms with van der Waals surface area (Å²) in [6.45, 7) is 8.41. The van der Waals surface area contributed by atoms with Gasteiger partial charge < -0.3 is 5.32 Å². The number of rotatable bonds is 0. The van der Waals surface area contributed by atoms with E-state index in [0.717, 1.165) is 5.92 Å². The quantitative estimate of drug-likeness (QED) is 0.584. The van der Waals surface area contributed by atoms with Crippen molar-refractivity contribution in [3.8, 4) is 0 Å². The predicted molar refractivity (Wildman–Crippen MR) is 52.1 cm³/mol. The second kappa shape index (κ2) is 2.47. The molecular weight excluding hydrogens is 146 g/mol. The molecule has 2 aliphatic rings. The second-order valence-electron chi connectivity index (χ2n) is 5.76. The maximum Gasteiger partial charge on any atom is 0.0196 e. The van der Waals surface area contributed by atoms with E-state index in [-0.39, 0.29) is 0 Å². The van der Waals surface area contributed by atoms with Crippen molar-refractivity contribution in [1.29, 1.82) is 0 Å². The van der Waals surface area contributed by atoms with Crippen LogP contribution in [0, 0.1) is 11.3 Å². The highest BCUT2D eigenvalue weighted by Gasteiger charge is 2.46. The fourth-order valence-electron chi connectivity index (χ4n) is 2.73. The zero-order valence-corrected chi connectivity index (χ0v) is 8.61. The Morgan fingerprint density at radius 1 is 1.25 bits per heavy atom. The fraction of sp³-hybridized carbons (Fsp3) is 1.00. The summed E-state index contributed by atoms with van der Waals surface area (Å²) in [4.78, 5) is 0. The molecule has 0 aromatic heterocycles. The first-order valence-corrected chi connectivity index (χ1v) is 5.27. The molecule has 1 aliphatic heterocycles. The molecular formula is C11H21N. The lowest BCUT2D eigenvalue weighted by molar-refractivity contribution is 0.175. The van der Waals surface area contributed by atoms with Gasteiger partial charge in [0.15, 0.2) is 0 Å². The minimum Gasteiger partial charge on any atom is -0.311 e. The highest BCUT2D eigenvalue weighted by Crippen LogP contribution is 2.47. The molecule has 1 heterocycles. The van der Waals surface area contributed by atoms with Crippen molar-refractivity contribution in [3.05, 3.63) is 0 Å². The second-order valence-corrected chi connectivity index (χ2v) is 5.76. The van der Waals surface area contributed by atoms with Crippen LogP contribution in [0.2, 0.25) is 0 Å². The Hall–Kier alpha value is -0.0400. The average Bonchev–Trinajstić information content (AvgIpc) is 2.26. The summed E-state index contributed by atoms with van der Waals surface area (Å²) < 4.78 is 0. The zero-order chi connectivity index (χ0) is 8.82. The molecule has 0 bridgehead atoms. The molecule has 70 valence electrons. The van der Waals surface area contributed by atoms with Crippen molar-refractivity contribution >= 4 is 0 Å². The van der Waals surface area contributed by atoms with Crippen LogP contribution in [0.5, 0.6) is 0 Å². The van der Waals surface area contributed by atoms with E-state index in [1.807, 2.05) is 0 Å². The van der Waals surface area contributed by atoms with Gasteiger partial charge in [-0.2, -0.15) is 0 Å². The summed E-state index contributed by atoms with van der Waals surface area (Å²) in [6, 6.07) is 0. The van der Waals surface area contributed by atoms with E-state index in [4.69, 9.17) is 0 Å². The van der Waals surface area contributed by atoms with E-state index in [1.165, 1.54) is 32.2 Å². The molecule has 2 fully saturated rings. The molecule has 2 atom stereocenters. The van der Waals surface area contributed by atoms with Gasteiger partial charge in [-0.25, -0.2) is 0 Å². The Morgan fingerprint density at radius 2 is 1.92 bits per heavy atom. The van der Waals surface area contributed by atoms with Crippen LogP contribution in [0.1, 0.15) is 46.5 Å². The Morgan fingerprint density at radius 3 is 2.17 bits per heavy atom. The van der Waals surface area contributed by atoms with Crippen LogP contribution in [-0.2, 0) is 0 Å². The molecule has 1 spiro atoms. The first kappa shape index (κ1) is 8.55. The summed E-state index contributed by atoms with van der Waals surface area (Å²) in [5.41, 5.74) is 1.12. The SMILES string of the molecule is CC(C)(C)[C@H]1CC[C@@]2(CCN2)C1. The number of hydrogen-bond acceptors (Lipinski definition) is 1. The lowest BCUT2D eigenvalue weighted by Gasteiger charge is -2.41. The van der Waals surface area contributed by atoms with Gasteiger partial charge in [-0.15, -0.1) is 0 Å². The Labute approximate surface area is 75.9 Å². The molecule has 1 N–H and O–H groups in total. The van der Waals surface area contributed by atoms with Crippen LogP contribution in [-0.4, -0.2) is 12.1 Å². The molecule has 0 aromatic carbocycles. The monoisotopic (exact) mass is 167 g/mol. The van der Waals surface area contributed by atoms with Crippen LogP contribution >= 0.6 is 0 Å². The highest BCUT2D eigenvalue weighted by atomic mass is 15.1. The zero-order valence-electron chi connectivity index (χ0n) is 8.61. The maximum absolute atomic E-state index is 3.62. The van der Waals surface area contributed by atoms with Gasteiger partial charge in [0.05, 0.1) is 0 Å². The van der Waals surface area contributed by atoms with Crippen LogP contribution in [0.3, 0.4) is 0 Å². The third kappa shape index (κ3) is 1.28. The van der Waals surface area contributed by atoms with E-state index in [1.54, 1.807) is 0 Å². The van der Waals surface area contributed by atoms with Gasteiger partial charge in [0.1, 0.15) is 0 Å². The van der Waals surface area contributed by atoms with E-state index < -0.39 is 0 Å². The molecule has 1 heteroatoms. The average molecular weight is 167 g/mol. The smallest absolute Gasteiger partial charge is 0.0196 e. The first-order chi connectivity index (χ1) is 5.52. The molecule has 1 saturated carbocycles. The van der Waals surface area contributed by atoms with E-state index in [2.05, 4.69) is 26.1 Å². The Balaban J connectivity index is 1.98. The van der Waals surface area contributed by atoms with Gasteiger partial charge in [-0.05, 0) is 43.6 Å². The number of hydrogen-bond donors (Lipinski definition) is 1. The summed E-state index contributed by atoms with van der Waals surface area (Å²) in [6.07, 6.45) is 5.72. The summed E-state index contributed by atoms with van der Waals surface area (Å²) in [5.74, 6) is 0.949. The first-order valence-electron chi connectivity index (χ1n) is 5.27. The van der Waals surface area contributed by atoms with Crippen LogP contribution < -0.4 is 5.32 Å². The molecule has 1 aliphatic carbocycles. The Kier molecular flexibility index (Phi) is 1.76. The lowest BCUT2D eigenvalue weighted by atomic mass is 9.77. The fourth-order valence-corrected chi connectivity index (χ4v) is 2.73. The van der Waals surface area contributed by atoms with Crippen molar-refractivity contribution < 1.29 is 0 Å². The van der Waals surface area contributed by atoms with Gasteiger partial charge in [0.25, 0.3) is 0 Å². The minimum absolute atomic E-state index is 0.529.